The quantitative estimate of drug-likeness (QED) is 0.552. The van der Waals surface area contributed by atoms with Gasteiger partial charge in [0.05, 0.1) is 5.69 Å². The van der Waals surface area contributed by atoms with Crippen molar-refractivity contribution in [3.05, 3.63) is 54.1 Å². The van der Waals surface area contributed by atoms with E-state index in [1.54, 1.807) is 24.3 Å². The molecule has 0 bridgehead atoms. The fourth-order valence-electron chi connectivity index (χ4n) is 2.46. The zero-order valence-electron chi connectivity index (χ0n) is 13.7. The zero-order valence-corrected chi connectivity index (χ0v) is 13.7. The Bertz CT molecular complexity index is 857. The van der Waals surface area contributed by atoms with Crippen LogP contribution in [0.3, 0.4) is 0 Å². The van der Waals surface area contributed by atoms with Crippen molar-refractivity contribution in [2.24, 2.45) is 0 Å². The summed E-state index contributed by atoms with van der Waals surface area (Å²) in [5.41, 5.74) is 0.892. The van der Waals surface area contributed by atoms with Gasteiger partial charge >= 0.3 is 13.2 Å². The highest BCUT2D eigenvalue weighted by atomic mass is 19.3. The van der Waals surface area contributed by atoms with Gasteiger partial charge in [-0.1, -0.05) is 18.2 Å². The van der Waals surface area contributed by atoms with Crippen LogP contribution >= 0.6 is 0 Å². The smallest absolute Gasteiger partial charge is 0.387 e. The number of anilines is 1. The molecular formula is C18H13F4NO4. The van der Waals surface area contributed by atoms with Crippen molar-refractivity contribution in [1.82, 2.24) is 0 Å². The minimum absolute atomic E-state index is 0.0451. The number of ether oxygens (including phenoxy) is 3. The van der Waals surface area contributed by atoms with Gasteiger partial charge in [0.2, 0.25) is 0 Å². The first-order valence-electron chi connectivity index (χ1n) is 7.69. The Labute approximate surface area is 151 Å². The van der Waals surface area contributed by atoms with Crippen LogP contribution in [0.15, 0.2) is 48.5 Å². The number of rotatable bonds is 6. The Hall–Kier alpha value is -3.23. The van der Waals surface area contributed by atoms with Gasteiger partial charge in [-0.2, -0.15) is 17.6 Å². The monoisotopic (exact) mass is 383 g/mol. The van der Waals surface area contributed by atoms with E-state index in [-0.39, 0.29) is 12.3 Å². The average molecular weight is 383 g/mol. The second-order valence-electron chi connectivity index (χ2n) is 5.30. The number of amides is 1. The van der Waals surface area contributed by atoms with Gasteiger partial charge in [0.25, 0.3) is 5.91 Å². The van der Waals surface area contributed by atoms with E-state index in [4.69, 9.17) is 4.74 Å². The SMILES string of the molecule is O=C(/C=C/c1ccc(OC(F)F)c(OC(F)F)c1)N1COc2ccccc21. The highest BCUT2D eigenvalue weighted by Crippen LogP contribution is 2.34. The molecule has 9 heteroatoms. The maximum Gasteiger partial charge on any atom is 0.387 e. The van der Waals surface area contributed by atoms with Gasteiger partial charge in [0.15, 0.2) is 18.2 Å². The molecule has 1 aliphatic heterocycles. The normalized spacial score (nSPS) is 13.2. The van der Waals surface area contributed by atoms with Crippen molar-refractivity contribution in [3.8, 4) is 17.2 Å². The third kappa shape index (κ3) is 4.49. The van der Waals surface area contributed by atoms with Crippen LogP contribution in [0, 0.1) is 0 Å². The lowest BCUT2D eigenvalue weighted by atomic mass is 10.2. The van der Waals surface area contributed by atoms with Crippen molar-refractivity contribution >= 4 is 17.7 Å². The van der Waals surface area contributed by atoms with E-state index in [1.165, 1.54) is 23.1 Å². The Morgan fingerprint density at radius 3 is 2.48 bits per heavy atom. The van der Waals surface area contributed by atoms with Crippen molar-refractivity contribution in [2.75, 3.05) is 11.6 Å². The molecule has 142 valence electrons. The van der Waals surface area contributed by atoms with E-state index < -0.39 is 30.6 Å². The number of para-hydroxylation sites is 2. The maximum absolute atomic E-state index is 12.5. The van der Waals surface area contributed by atoms with Crippen molar-refractivity contribution < 1.29 is 36.6 Å². The summed E-state index contributed by atoms with van der Waals surface area (Å²) in [4.78, 5) is 13.7. The molecule has 5 nitrogen and oxygen atoms in total. The summed E-state index contributed by atoms with van der Waals surface area (Å²) in [6.45, 7) is -6.36. The Balaban J connectivity index is 1.77. The summed E-state index contributed by atoms with van der Waals surface area (Å²) < 4.78 is 63.4. The van der Waals surface area contributed by atoms with E-state index in [0.29, 0.717) is 11.4 Å². The number of carbonyl (C=O) groups excluding carboxylic acids is 1. The molecule has 1 heterocycles. The third-order valence-corrected chi connectivity index (χ3v) is 3.59. The summed E-state index contributed by atoms with van der Waals surface area (Å²) in [5, 5.41) is 0. The maximum atomic E-state index is 12.5. The summed E-state index contributed by atoms with van der Waals surface area (Å²) in [7, 11) is 0. The summed E-state index contributed by atoms with van der Waals surface area (Å²) in [6, 6.07) is 10.4. The van der Waals surface area contributed by atoms with Gasteiger partial charge in [0.1, 0.15) is 5.75 Å². The average Bonchev–Trinajstić information content (AvgIpc) is 3.05. The van der Waals surface area contributed by atoms with Crippen LogP contribution in [0.2, 0.25) is 0 Å². The Kier molecular flexibility index (Phi) is 5.49. The lowest BCUT2D eigenvalue weighted by Crippen LogP contribution is -2.28. The number of benzene rings is 2. The largest absolute Gasteiger partial charge is 0.470 e. The molecule has 0 N–H and O–H groups in total. The first-order chi connectivity index (χ1) is 12.9. The van der Waals surface area contributed by atoms with Crippen LogP contribution in [0.4, 0.5) is 23.2 Å². The molecule has 0 aromatic heterocycles. The molecular weight excluding hydrogens is 370 g/mol. The molecule has 0 aliphatic carbocycles. The van der Waals surface area contributed by atoms with Crippen LogP contribution in [0.5, 0.6) is 17.2 Å². The third-order valence-electron chi connectivity index (χ3n) is 3.59. The lowest BCUT2D eigenvalue weighted by Gasteiger charge is -2.13. The fraction of sp³-hybridized carbons (Fsp3) is 0.167. The molecule has 0 unspecified atom stereocenters. The number of fused-ring (bicyclic) bond motifs is 1. The molecule has 0 fully saturated rings. The first kappa shape index (κ1) is 18.6. The van der Waals surface area contributed by atoms with Gasteiger partial charge < -0.3 is 14.2 Å². The van der Waals surface area contributed by atoms with E-state index in [2.05, 4.69) is 9.47 Å². The second-order valence-corrected chi connectivity index (χ2v) is 5.30. The Morgan fingerprint density at radius 1 is 1.04 bits per heavy atom. The summed E-state index contributed by atoms with van der Waals surface area (Å²) in [6.07, 6.45) is 2.55. The zero-order chi connectivity index (χ0) is 19.4. The van der Waals surface area contributed by atoms with E-state index in [1.807, 2.05) is 0 Å². The van der Waals surface area contributed by atoms with Crippen LogP contribution in [0.25, 0.3) is 6.08 Å². The van der Waals surface area contributed by atoms with Crippen molar-refractivity contribution in [1.29, 1.82) is 0 Å². The molecule has 1 amide bonds. The molecule has 0 spiro atoms. The summed E-state index contributed by atoms with van der Waals surface area (Å²) in [5.74, 6) is -0.921. The van der Waals surface area contributed by atoms with E-state index >= 15 is 0 Å². The van der Waals surface area contributed by atoms with Crippen LogP contribution in [0.1, 0.15) is 5.56 Å². The predicted octanol–water partition coefficient (Wildman–Crippen LogP) is 4.29. The lowest BCUT2D eigenvalue weighted by molar-refractivity contribution is -0.114. The predicted molar refractivity (Wildman–Crippen MR) is 88.2 cm³/mol. The Morgan fingerprint density at radius 2 is 1.74 bits per heavy atom. The molecule has 0 atom stereocenters. The summed E-state index contributed by atoms with van der Waals surface area (Å²) >= 11 is 0. The number of alkyl halides is 4. The van der Waals surface area contributed by atoms with Crippen LogP contribution in [-0.4, -0.2) is 25.9 Å². The van der Waals surface area contributed by atoms with Gasteiger partial charge in [-0.25, -0.2) is 0 Å². The number of hydrogen-bond acceptors (Lipinski definition) is 4. The molecule has 2 aromatic carbocycles. The standard InChI is InChI=1S/C18H13F4NO4/c19-17(20)26-14-7-5-11(9-15(14)27-18(21)22)6-8-16(24)23-10-25-13-4-2-1-3-12(13)23/h1-9,17-18H,10H2/b8-6+. The molecule has 0 saturated heterocycles. The number of carbonyl (C=O) groups is 1. The molecule has 1 aliphatic rings. The molecule has 3 rings (SSSR count). The highest BCUT2D eigenvalue weighted by molar-refractivity contribution is 6.05. The van der Waals surface area contributed by atoms with E-state index in [9.17, 15) is 22.4 Å². The second kappa shape index (κ2) is 7.98. The number of halogens is 4. The molecule has 0 saturated carbocycles. The highest BCUT2D eigenvalue weighted by Gasteiger charge is 2.24. The molecule has 2 aromatic rings. The topological polar surface area (TPSA) is 48.0 Å². The number of hydrogen-bond donors (Lipinski definition) is 0. The van der Waals surface area contributed by atoms with Crippen LogP contribution < -0.4 is 19.1 Å². The van der Waals surface area contributed by atoms with Crippen molar-refractivity contribution in [2.45, 2.75) is 13.2 Å². The molecule has 0 radical (unpaired) electrons. The van der Waals surface area contributed by atoms with Gasteiger partial charge in [-0.05, 0) is 35.9 Å². The minimum atomic E-state index is -3.22. The first-order valence-corrected chi connectivity index (χ1v) is 7.69. The minimum Gasteiger partial charge on any atom is -0.470 e. The van der Waals surface area contributed by atoms with Crippen LogP contribution in [-0.2, 0) is 4.79 Å². The fourth-order valence-corrected chi connectivity index (χ4v) is 2.46. The molecule has 27 heavy (non-hydrogen) atoms. The number of nitrogens with zero attached hydrogens (tertiary/aromatic N) is 1. The van der Waals surface area contributed by atoms with Gasteiger partial charge in [0, 0.05) is 6.08 Å². The van der Waals surface area contributed by atoms with Gasteiger partial charge in [-0.3, -0.25) is 9.69 Å². The van der Waals surface area contributed by atoms with Gasteiger partial charge in [-0.15, -0.1) is 0 Å². The van der Waals surface area contributed by atoms with Crippen molar-refractivity contribution in [3.63, 3.8) is 0 Å². The van der Waals surface area contributed by atoms with E-state index in [0.717, 1.165) is 12.1 Å².